The molecule has 30 heavy (non-hydrogen) atoms. The molecule has 0 spiro atoms. The molecule has 0 fully saturated rings. The fourth-order valence-corrected chi connectivity index (χ4v) is 2.82. The van der Waals surface area contributed by atoms with Crippen LogP contribution in [0.15, 0.2) is 65.5 Å². The van der Waals surface area contributed by atoms with Crippen LogP contribution in [0.25, 0.3) is 17.5 Å². The fourth-order valence-electron chi connectivity index (χ4n) is 2.82. The number of aryl methyl sites for hydroxylation is 1. The van der Waals surface area contributed by atoms with Crippen molar-refractivity contribution in [2.75, 3.05) is 12.4 Å². The molecular formula is C23H22N4O3. The summed E-state index contributed by atoms with van der Waals surface area (Å²) in [6.07, 6.45) is 3.73. The highest BCUT2D eigenvalue weighted by Gasteiger charge is 2.06. The van der Waals surface area contributed by atoms with E-state index >= 15 is 0 Å². The highest BCUT2D eigenvalue weighted by molar-refractivity contribution is 6.02. The Hall–Kier alpha value is -4.00. The number of hydrogen-bond donors (Lipinski definition) is 3. The lowest BCUT2D eigenvalue weighted by Gasteiger charge is -2.07. The van der Waals surface area contributed by atoms with Gasteiger partial charge >= 0.3 is 0 Å². The van der Waals surface area contributed by atoms with Crippen LogP contribution in [0.3, 0.4) is 0 Å². The van der Waals surface area contributed by atoms with E-state index in [4.69, 9.17) is 0 Å². The van der Waals surface area contributed by atoms with Crippen LogP contribution in [-0.4, -0.2) is 28.8 Å². The van der Waals surface area contributed by atoms with E-state index in [1.54, 1.807) is 55.6 Å². The Morgan fingerprint density at radius 3 is 2.57 bits per heavy atom. The van der Waals surface area contributed by atoms with Crippen LogP contribution in [0.5, 0.6) is 0 Å². The molecule has 0 bridgehead atoms. The molecule has 152 valence electrons. The lowest BCUT2D eigenvalue weighted by atomic mass is 10.1. The third kappa shape index (κ3) is 5.29. The lowest BCUT2D eigenvalue weighted by molar-refractivity contribution is -0.111. The molecule has 3 N–H and O–H groups in total. The van der Waals surface area contributed by atoms with E-state index in [1.807, 2.05) is 13.0 Å². The van der Waals surface area contributed by atoms with E-state index in [0.717, 1.165) is 5.56 Å². The summed E-state index contributed by atoms with van der Waals surface area (Å²) < 4.78 is 0. The summed E-state index contributed by atoms with van der Waals surface area (Å²) in [4.78, 5) is 42.8. The third-order valence-corrected chi connectivity index (χ3v) is 4.39. The average Bonchev–Trinajstić information content (AvgIpc) is 2.77. The lowest BCUT2D eigenvalue weighted by Crippen LogP contribution is -2.17. The molecule has 7 nitrogen and oxygen atoms in total. The van der Waals surface area contributed by atoms with Crippen molar-refractivity contribution in [2.24, 2.45) is 0 Å². The van der Waals surface area contributed by atoms with Crippen molar-refractivity contribution in [2.45, 2.75) is 13.3 Å². The summed E-state index contributed by atoms with van der Waals surface area (Å²) in [5.74, 6) is -0.00282. The van der Waals surface area contributed by atoms with Crippen LogP contribution in [0.1, 0.15) is 28.5 Å². The van der Waals surface area contributed by atoms with Crippen LogP contribution in [0, 0.1) is 0 Å². The van der Waals surface area contributed by atoms with Crippen LogP contribution in [0.4, 0.5) is 5.69 Å². The van der Waals surface area contributed by atoms with Gasteiger partial charge in [-0.3, -0.25) is 14.4 Å². The van der Waals surface area contributed by atoms with E-state index in [-0.39, 0.29) is 17.4 Å². The molecule has 0 aliphatic rings. The molecule has 0 saturated heterocycles. The Morgan fingerprint density at radius 2 is 1.87 bits per heavy atom. The zero-order valence-electron chi connectivity index (χ0n) is 16.7. The number of hydrogen-bond acceptors (Lipinski definition) is 4. The first kappa shape index (κ1) is 20.7. The van der Waals surface area contributed by atoms with Gasteiger partial charge in [0.15, 0.2) is 0 Å². The molecule has 3 rings (SSSR count). The van der Waals surface area contributed by atoms with Gasteiger partial charge in [0.25, 0.3) is 11.5 Å². The van der Waals surface area contributed by atoms with Crippen LogP contribution < -0.4 is 16.2 Å². The summed E-state index contributed by atoms with van der Waals surface area (Å²) in [6, 6.07) is 15.5. The van der Waals surface area contributed by atoms with Crippen molar-refractivity contribution >= 4 is 23.6 Å². The quantitative estimate of drug-likeness (QED) is 0.551. The number of amides is 2. The second-order valence-corrected chi connectivity index (χ2v) is 6.54. The van der Waals surface area contributed by atoms with Crippen LogP contribution in [-0.2, 0) is 11.2 Å². The molecule has 0 unspecified atom stereocenters. The zero-order chi connectivity index (χ0) is 21.5. The number of carbonyl (C=O) groups excluding carboxylic acids is 2. The third-order valence-electron chi connectivity index (χ3n) is 4.39. The predicted molar refractivity (Wildman–Crippen MR) is 117 cm³/mol. The first-order valence-corrected chi connectivity index (χ1v) is 9.50. The Bertz CT molecular complexity index is 1150. The van der Waals surface area contributed by atoms with Crippen LogP contribution >= 0.6 is 0 Å². The second kappa shape index (κ2) is 9.47. The van der Waals surface area contributed by atoms with Gasteiger partial charge in [-0.2, -0.15) is 0 Å². The van der Waals surface area contributed by atoms with Crippen molar-refractivity contribution in [1.29, 1.82) is 0 Å². The number of rotatable bonds is 6. The molecule has 3 aromatic rings. The first-order chi connectivity index (χ1) is 14.5. The number of H-pyrrole nitrogens is 1. The van der Waals surface area contributed by atoms with Crippen LogP contribution in [0.2, 0.25) is 0 Å². The van der Waals surface area contributed by atoms with Gasteiger partial charge in [0.05, 0.1) is 0 Å². The van der Waals surface area contributed by atoms with Crippen molar-refractivity contribution in [1.82, 2.24) is 15.3 Å². The average molecular weight is 402 g/mol. The van der Waals surface area contributed by atoms with Gasteiger partial charge in [0, 0.05) is 41.7 Å². The van der Waals surface area contributed by atoms with Gasteiger partial charge in [-0.1, -0.05) is 31.2 Å². The maximum atomic E-state index is 12.3. The number of anilines is 1. The summed E-state index contributed by atoms with van der Waals surface area (Å²) in [6.45, 7) is 1.93. The topological polar surface area (TPSA) is 104 Å². The van der Waals surface area contributed by atoms with E-state index in [9.17, 15) is 14.4 Å². The summed E-state index contributed by atoms with van der Waals surface area (Å²) in [7, 11) is 1.57. The highest BCUT2D eigenvalue weighted by atomic mass is 16.2. The molecule has 0 aliphatic carbocycles. The minimum Gasteiger partial charge on any atom is -0.355 e. The minimum atomic E-state index is -0.300. The number of benzene rings is 2. The number of aromatic amines is 1. The molecular weight excluding hydrogens is 380 g/mol. The van der Waals surface area contributed by atoms with Gasteiger partial charge in [0.1, 0.15) is 5.82 Å². The standard InChI is InChI=1S/C23H22N4O3/c1-3-18-14-21(29)27-22(26-18)17-5-4-6-19(13-17)25-20(28)12-9-15-7-10-16(11-8-15)23(30)24-2/h4-14H,3H2,1-2H3,(H,24,30)(H,25,28)(H,26,27,29)/b12-9+. The SMILES string of the molecule is CCc1cc(=O)[nH]c(-c2cccc(NC(=O)/C=C/c3ccc(C(=O)NC)cc3)c2)n1. The predicted octanol–water partition coefficient (Wildman–Crippen LogP) is 3.01. The van der Waals surface area contributed by atoms with Gasteiger partial charge < -0.3 is 15.6 Å². The molecule has 2 amide bonds. The van der Waals surface area contributed by atoms with E-state index in [1.165, 1.54) is 12.1 Å². The molecule has 2 aromatic carbocycles. The molecule has 1 aromatic heterocycles. The monoisotopic (exact) mass is 402 g/mol. The maximum absolute atomic E-state index is 12.3. The van der Waals surface area contributed by atoms with Gasteiger partial charge in [-0.05, 0) is 42.3 Å². The number of aromatic nitrogens is 2. The van der Waals surface area contributed by atoms with Crippen molar-refractivity contribution < 1.29 is 9.59 Å². The van der Waals surface area contributed by atoms with Crippen molar-refractivity contribution in [3.8, 4) is 11.4 Å². The van der Waals surface area contributed by atoms with E-state index < -0.39 is 0 Å². The zero-order valence-corrected chi connectivity index (χ0v) is 16.7. The van der Waals surface area contributed by atoms with Gasteiger partial charge in [0.2, 0.25) is 5.91 Å². The Labute approximate surface area is 173 Å². The van der Waals surface area contributed by atoms with Gasteiger partial charge in [-0.25, -0.2) is 4.98 Å². The normalized spacial score (nSPS) is 10.7. The number of carbonyl (C=O) groups is 2. The summed E-state index contributed by atoms with van der Waals surface area (Å²) >= 11 is 0. The largest absolute Gasteiger partial charge is 0.355 e. The summed E-state index contributed by atoms with van der Waals surface area (Å²) in [5, 5.41) is 5.35. The number of nitrogens with zero attached hydrogens (tertiary/aromatic N) is 1. The fraction of sp³-hybridized carbons (Fsp3) is 0.130. The van der Waals surface area contributed by atoms with E-state index in [2.05, 4.69) is 20.6 Å². The first-order valence-electron chi connectivity index (χ1n) is 9.50. The molecule has 7 heteroatoms. The summed E-state index contributed by atoms with van der Waals surface area (Å²) in [5.41, 5.74) is 3.13. The Kier molecular flexibility index (Phi) is 6.54. The smallest absolute Gasteiger partial charge is 0.251 e. The Morgan fingerprint density at radius 1 is 1.10 bits per heavy atom. The molecule has 1 heterocycles. The molecule has 0 radical (unpaired) electrons. The Balaban J connectivity index is 1.71. The second-order valence-electron chi connectivity index (χ2n) is 6.54. The molecule has 0 aliphatic heterocycles. The number of nitrogens with one attached hydrogen (secondary N) is 3. The molecule has 0 saturated carbocycles. The highest BCUT2D eigenvalue weighted by Crippen LogP contribution is 2.19. The van der Waals surface area contributed by atoms with Crippen molar-refractivity contribution in [3.63, 3.8) is 0 Å². The van der Waals surface area contributed by atoms with E-state index in [0.29, 0.717) is 34.8 Å². The van der Waals surface area contributed by atoms with Crippen molar-refractivity contribution in [3.05, 3.63) is 87.8 Å². The van der Waals surface area contributed by atoms with Gasteiger partial charge in [-0.15, -0.1) is 0 Å². The minimum absolute atomic E-state index is 0.163. The maximum Gasteiger partial charge on any atom is 0.251 e. The molecule has 0 atom stereocenters.